The Kier molecular flexibility index (Phi) is 3.45. The molecule has 0 spiro atoms. The van der Waals surface area contributed by atoms with Crippen LogP contribution in [0.1, 0.15) is 23.8 Å². The van der Waals surface area contributed by atoms with E-state index in [-0.39, 0.29) is 31.0 Å². The summed E-state index contributed by atoms with van der Waals surface area (Å²) < 4.78 is 0. The minimum absolute atomic E-state index is 0.0371. The molecule has 1 aromatic rings. The van der Waals surface area contributed by atoms with Crippen molar-refractivity contribution in [1.82, 2.24) is 15.3 Å². The summed E-state index contributed by atoms with van der Waals surface area (Å²) in [6, 6.07) is 3.95. The topological polar surface area (TPSA) is 72.9 Å². The van der Waals surface area contributed by atoms with E-state index in [9.17, 15) is 9.59 Å². The van der Waals surface area contributed by atoms with Crippen molar-refractivity contribution in [1.29, 1.82) is 0 Å². The second-order valence-corrected chi connectivity index (χ2v) is 5.81. The summed E-state index contributed by atoms with van der Waals surface area (Å²) >= 11 is 1.67. The molecule has 1 fully saturated rings. The van der Waals surface area contributed by atoms with Crippen LogP contribution in [0, 0.1) is 0 Å². The Balaban J connectivity index is 1.69. The van der Waals surface area contributed by atoms with Gasteiger partial charge >= 0.3 is 5.97 Å². The molecule has 1 amide bonds. The Bertz CT molecular complexity index is 543. The molecule has 106 valence electrons. The van der Waals surface area contributed by atoms with Crippen molar-refractivity contribution in [3.05, 3.63) is 34.8 Å². The summed E-state index contributed by atoms with van der Waals surface area (Å²) in [5.74, 6) is -0.935. The molecule has 0 aromatic carbocycles. The van der Waals surface area contributed by atoms with E-state index in [2.05, 4.69) is 11.5 Å². The molecular weight excluding hydrogens is 278 g/mol. The molecule has 2 N–H and O–H groups in total. The zero-order valence-corrected chi connectivity index (χ0v) is 11.5. The van der Waals surface area contributed by atoms with Crippen LogP contribution in [-0.2, 0) is 9.59 Å². The molecule has 1 saturated heterocycles. The van der Waals surface area contributed by atoms with E-state index >= 15 is 0 Å². The highest BCUT2D eigenvalue weighted by Crippen LogP contribution is 2.32. The number of carbonyl (C=O) groups is 2. The second kappa shape index (κ2) is 5.26. The monoisotopic (exact) mass is 293 g/mol. The van der Waals surface area contributed by atoms with Gasteiger partial charge in [-0.3, -0.25) is 9.59 Å². The third-order valence-corrected chi connectivity index (χ3v) is 4.51. The number of hydrogen-bond acceptors (Lipinski definition) is 5. The van der Waals surface area contributed by atoms with Crippen LogP contribution >= 0.6 is 11.3 Å². The molecule has 2 aliphatic heterocycles. The molecule has 6 nitrogen and oxygen atoms in total. The highest BCUT2D eigenvalue weighted by molar-refractivity contribution is 7.10. The van der Waals surface area contributed by atoms with Crippen LogP contribution in [0.25, 0.3) is 0 Å². The second-order valence-electron chi connectivity index (χ2n) is 4.83. The summed E-state index contributed by atoms with van der Waals surface area (Å²) in [4.78, 5) is 25.6. The van der Waals surface area contributed by atoms with Gasteiger partial charge in [-0.15, -0.1) is 11.3 Å². The van der Waals surface area contributed by atoms with Crippen molar-refractivity contribution in [2.75, 3.05) is 6.54 Å². The van der Waals surface area contributed by atoms with E-state index in [1.165, 1.54) is 9.78 Å². The first-order chi connectivity index (χ1) is 9.65. The van der Waals surface area contributed by atoms with Crippen molar-refractivity contribution in [2.24, 2.45) is 0 Å². The fraction of sp³-hybridized carbons (Fsp3) is 0.385. The Morgan fingerprint density at radius 2 is 2.35 bits per heavy atom. The van der Waals surface area contributed by atoms with Gasteiger partial charge in [-0.2, -0.15) is 0 Å². The molecule has 20 heavy (non-hydrogen) atoms. The first kappa shape index (κ1) is 13.1. The van der Waals surface area contributed by atoms with Gasteiger partial charge in [0.05, 0.1) is 12.5 Å². The number of nitrogens with one attached hydrogen (secondary N) is 1. The maximum Gasteiger partial charge on any atom is 0.305 e. The number of fused-ring (bicyclic) bond motifs is 1. The minimum Gasteiger partial charge on any atom is -0.481 e. The van der Waals surface area contributed by atoms with E-state index in [0.29, 0.717) is 6.42 Å². The van der Waals surface area contributed by atoms with E-state index < -0.39 is 5.97 Å². The summed E-state index contributed by atoms with van der Waals surface area (Å²) in [6.45, 7) is 0.221. The Morgan fingerprint density at radius 3 is 3.05 bits per heavy atom. The lowest BCUT2D eigenvalue weighted by Gasteiger charge is -2.31. The van der Waals surface area contributed by atoms with Crippen LogP contribution in [-0.4, -0.2) is 39.5 Å². The first-order valence-corrected chi connectivity index (χ1v) is 7.31. The number of carboxylic acid groups (broad SMARTS) is 1. The fourth-order valence-electron chi connectivity index (χ4n) is 2.51. The number of carbonyl (C=O) groups excluding carboxylic acids is 1. The average Bonchev–Trinajstić information content (AvgIpc) is 3.06. The van der Waals surface area contributed by atoms with E-state index in [4.69, 9.17) is 5.11 Å². The van der Waals surface area contributed by atoms with Crippen LogP contribution in [0.2, 0.25) is 0 Å². The number of thiophene rings is 1. The number of amides is 1. The molecule has 7 heteroatoms. The van der Waals surface area contributed by atoms with Crippen molar-refractivity contribution in [3.63, 3.8) is 0 Å². The van der Waals surface area contributed by atoms with Gasteiger partial charge < -0.3 is 15.0 Å². The Labute approximate surface area is 120 Å². The van der Waals surface area contributed by atoms with Crippen LogP contribution < -0.4 is 5.43 Å². The lowest BCUT2D eigenvalue weighted by atomic mass is 10.1. The number of carboxylic acids is 1. The summed E-state index contributed by atoms with van der Waals surface area (Å²) in [5.41, 5.74) is 3.30. The number of hydrogen-bond donors (Lipinski definition) is 2. The molecule has 3 heterocycles. The third kappa shape index (κ3) is 2.41. The van der Waals surface area contributed by atoms with Gasteiger partial charge in [0.1, 0.15) is 6.04 Å². The molecule has 0 bridgehead atoms. The first-order valence-electron chi connectivity index (χ1n) is 6.43. The highest BCUT2D eigenvalue weighted by atomic mass is 32.1. The van der Waals surface area contributed by atoms with Crippen molar-refractivity contribution < 1.29 is 14.7 Å². The normalized spacial score (nSPS) is 25.1. The molecule has 2 atom stereocenters. The van der Waals surface area contributed by atoms with Gasteiger partial charge in [-0.1, -0.05) is 6.07 Å². The Morgan fingerprint density at radius 1 is 1.50 bits per heavy atom. The standard InChI is InChI=1S/C13H15N3O3S/c17-12(18)3-4-15-5-6-16-10(13(15)19)8-9(14-16)11-2-1-7-20-11/h1-2,5-7,9-10,14H,3-4,8H2,(H,17,18). The highest BCUT2D eigenvalue weighted by Gasteiger charge is 2.40. The van der Waals surface area contributed by atoms with Crippen LogP contribution in [0.4, 0.5) is 0 Å². The van der Waals surface area contributed by atoms with Gasteiger partial charge in [-0.05, 0) is 11.4 Å². The number of rotatable bonds is 4. The zero-order valence-electron chi connectivity index (χ0n) is 10.7. The number of nitrogens with zero attached hydrogens (tertiary/aromatic N) is 2. The van der Waals surface area contributed by atoms with Gasteiger partial charge in [0.15, 0.2) is 0 Å². The SMILES string of the molecule is O=C(O)CCN1C=CN2NC(c3cccs3)CC2C1=O. The molecule has 2 unspecified atom stereocenters. The van der Waals surface area contributed by atoms with Crippen LogP contribution in [0.15, 0.2) is 29.9 Å². The van der Waals surface area contributed by atoms with E-state index in [0.717, 1.165) is 0 Å². The summed E-state index contributed by atoms with van der Waals surface area (Å²) in [7, 11) is 0. The number of aliphatic carboxylic acids is 1. The minimum atomic E-state index is -0.894. The van der Waals surface area contributed by atoms with Gasteiger partial charge in [0.2, 0.25) is 0 Å². The maximum atomic E-state index is 12.3. The van der Waals surface area contributed by atoms with Crippen molar-refractivity contribution >= 4 is 23.2 Å². The fourth-order valence-corrected chi connectivity index (χ4v) is 3.30. The van der Waals surface area contributed by atoms with E-state index in [1.807, 2.05) is 22.7 Å². The smallest absolute Gasteiger partial charge is 0.305 e. The molecule has 2 aliphatic rings. The lowest BCUT2D eigenvalue weighted by molar-refractivity contribution is -0.139. The quantitative estimate of drug-likeness (QED) is 0.871. The zero-order chi connectivity index (χ0) is 14.1. The van der Waals surface area contributed by atoms with Crippen LogP contribution in [0.5, 0.6) is 0 Å². The third-order valence-electron chi connectivity index (χ3n) is 3.53. The van der Waals surface area contributed by atoms with Gasteiger partial charge in [0, 0.05) is 30.2 Å². The summed E-state index contributed by atoms with van der Waals surface area (Å²) in [6.07, 6.45) is 4.12. The van der Waals surface area contributed by atoms with Crippen LogP contribution in [0.3, 0.4) is 0 Å². The van der Waals surface area contributed by atoms with E-state index in [1.54, 1.807) is 17.5 Å². The lowest BCUT2D eigenvalue weighted by Crippen LogP contribution is -2.48. The molecule has 0 saturated carbocycles. The molecule has 1 aromatic heterocycles. The molecule has 0 radical (unpaired) electrons. The maximum absolute atomic E-state index is 12.3. The number of hydrazine groups is 1. The van der Waals surface area contributed by atoms with Crippen molar-refractivity contribution in [2.45, 2.75) is 24.9 Å². The van der Waals surface area contributed by atoms with Gasteiger partial charge in [-0.25, -0.2) is 5.43 Å². The summed E-state index contributed by atoms with van der Waals surface area (Å²) in [5, 5.41) is 12.5. The molecule has 0 aliphatic carbocycles. The Hall–Kier alpha value is -1.86. The van der Waals surface area contributed by atoms with Crippen molar-refractivity contribution in [3.8, 4) is 0 Å². The molecule has 3 rings (SSSR count). The average molecular weight is 293 g/mol. The predicted octanol–water partition coefficient (Wildman–Crippen LogP) is 1.16. The predicted molar refractivity (Wildman–Crippen MR) is 73.5 cm³/mol. The molecular formula is C13H15N3O3S. The van der Waals surface area contributed by atoms with Gasteiger partial charge in [0.25, 0.3) is 5.91 Å². The largest absolute Gasteiger partial charge is 0.481 e.